The van der Waals surface area contributed by atoms with Crippen LogP contribution in [0.5, 0.6) is 5.75 Å². The molecule has 2 rings (SSSR count). The Morgan fingerprint density at radius 2 is 2.10 bits per heavy atom. The second-order valence-electron chi connectivity index (χ2n) is 5.00. The molecule has 1 N–H and O–H groups in total. The number of ether oxygens (including phenoxy) is 1. The summed E-state index contributed by atoms with van der Waals surface area (Å²) in [5.74, 6) is 0.719. The van der Waals surface area contributed by atoms with E-state index in [1.807, 2.05) is 48.3 Å². The lowest BCUT2D eigenvalue weighted by molar-refractivity contribution is 0.368. The van der Waals surface area contributed by atoms with Crippen LogP contribution in [0.3, 0.4) is 0 Å². The van der Waals surface area contributed by atoms with Gasteiger partial charge in [-0.15, -0.1) is 0 Å². The topological polar surface area (TPSA) is 62.9 Å². The number of aryl methyl sites for hydroxylation is 1. The molecule has 0 saturated heterocycles. The molecule has 0 radical (unpaired) electrons. The van der Waals surface area contributed by atoms with Crippen LogP contribution in [0, 0.1) is 18.3 Å². The first-order chi connectivity index (χ1) is 10.1. The van der Waals surface area contributed by atoms with Gasteiger partial charge in [0.15, 0.2) is 6.61 Å². The van der Waals surface area contributed by atoms with E-state index in [0.717, 1.165) is 12.3 Å². The third-order valence-electron chi connectivity index (χ3n) is 3.58. The molecule has 5 heteroatoms. The van der Waals surface area contributed by atoms with Crippen molar-refractivity contribution >= 4 is 0 Å². The van der Waals surface area contributed by atoms with Gasteiger partial charge in [-0.3, -0.25) is 4.68 Å². The van der Waals surface area contributed by atoms with Crippen molar-refractivity contribution in [2.45, 2.75) is 26.4 Å². The Hall–Kier alpha value is -2.32. The smallest absolute Gasteiger partial charge is 0.174 e. The van der Waals surface area contributed by atoms with Gasteiger partial charge in [-0.1, -0.05) is 12.1 Å². The summed E-state index contributed by atoms with van der Waals surface area (Å²) < 4.78 is 7.11. The average Bonchev–Trinajstić information content (AvgIpc) is 2.83. The van der Waals surface area contributed by atoms with E-state index in [0.29, 0.717) is 0 Å². The molecule has 110 valence electrons. The zero-order chi connectivity index (χ0) is 15.2. The maximum Gasteiger partial charge on any atom is 0.174 e. The van der Waals surface area contributed by atoms with Crippen LogP contribution in [-0.2, 0) is 13.6 Å². The molecule has 0 aliphatic heterocycles. The van der Waals surface area contributed by atoms with E-state index < -0.39 is 0 Å². The van der Waals surface area contributed by atoms with Gasteiger partial charge in [0.05, 0.1) is 6.20 Å². The Morgan fingerprint density at radius 3 is 2.67 bits per heavy atom. The van der Waals surface area contributed by atoms with Crippen LogP contribution >= 0.6 is 0 Å². The average molecular weight is 284 g/mol. The molecule has 1 aromatic carbocycles. The van der Waals surface area contributed by atoms with Crippen molar-refractivity contribution in [2.75, 3.05) is 6.61 Å². The van der Waals surface area contributed by atoms with Crippen molar-refractivity contribution in [3.8, 4) is 11.8 Å². The summed E-state index contributed by atoms with van der Waals surface area (Å²) in [6.07, 6.45) is 1.91. The fourth-order valence-corrected chi connectivity index (χ4v) is 2.14. The molecule has 5 nitrogen and oxygen atoms in total. The lowest BCUT2D eigenvalue weighted by atomic mass is 10.1. The van der Waals surface area contributed by atoms with E-state index >= 15 is 0 Å². The summed E-state index contributed by atoms with van der Waals surface area (Å²) in [4.78, 5) is 0. The lowest BCUT2D eigenvalue weighted by Crippen LogP contribution is -2.18. The fraction of sp³-hybridized carbons (Fsp3) is 0.375. The third-order valence-corrected chi connectivity index (χ3v) is 3.58. The Morgan fingerprint density at radius 1 is 1.38 bits per heavy atom. The highest BCUT2D eigenvalue weighted by Crippen LogP contribution is 2.17. The molecular weight excluding hydrogens is 264 g/mol. The number of nitrogens with one attached hydrogen (secondary N) is 1. The Bertz CT molecular complexity index is 625. The van der Waals surface area contributed by atoms with Gasteiger partial charge in [0.25, 0.3) is 0 Å². The summed E-state index contributed by atoms with van der Waals surface area (Å²) >= 11 is 0. The number of rotatable bonds is 6. The van der Waals surface area contributed by atoms with Gasteiger partial charge in [0.2, 0.25) is 0 Å². The highest BCUT2D eigenvalue weighted by atomic mass is 16.5. The van der Waals surface area contributed by atoms with E-state index in [4.69, 9.17) is 10.00 Å². The summed E-state index contributed by atoms with van der Waals surface area (Å²) in [7, 11) is 1.95. The molecule has 1 atom stereocenters. The number of hydrogen-bond donors (Lipinski definition) is 1. The zero-order valence-corrected chi connectivity index (χ0v) is 12.6. The van der Waals surface area contributed by atoms with E-state index in [1.54, 1.807) is 0 Å². The van der Waals surface area contributed by atoms with Gasteiger partial charge >= 0.3 is 0 Å². The third kappa shape index (κ3) is 3.83. The number of aromatic nitrogens is 2. The molecule has 0 saturated carbocycles. The minimum Gasteiger partial charge on any atom is -0.479 e. The van der Waals surface area contributed by atoms with Gasteiger partial charge in [0.1, 0.15) is 11.8 Å². The predicted octanol–water partition coefficient (Wildman–Crippen LogP) is 2.48. The minimum atomic E-state index is 0.0783. The highest BCUT2D eigenvalue weighted by molar-refractivity contribution is 5.28. The van der Waals surface area contributed by atoms with Gasteiger partial charge in [-0.2, -0.15) is 10.4 Å². The van der Waals surface area contributed by atoms with Gasteiger partial charge in [-0.25, -0.2) is 0 Å². The first kappa shape index (κ1) is 15.1. The summed E-state index contributed by atoms with van der Waals surface area (Å²) in [5.41, 5.74) is 3.56. The predicted molar refractivity (Wildman–Crippen MR) is 80.7 cm³/mol. The number of nitriles is 1. The Labute approximate surface area is 125 Å². The van der Waals surface area contributed by atoms with E-state index in [1.165, 1.54) is 16.8 Å². The Balaban J connectivity index is 1.91. The quantitative estimate of drug-likeness (QED) is 0.885. The van der Waals surface area contributed by atoms with Gasteiger partial charge in [0, 0.05) is 30.9 Å². The molecule has 0 aliphatic carbocycles. The lowest BCUT2D eigenvalue weighted by Gasteiger charge is -2.14. The molecule has 0 amide bonds. The molecule has 2 aromatic rings. The van der Waals surface area contributed by atoms with Crippen molar-refractivity contribution in [3.05, 3.63) is 47.3 Å². The van der Waals surface area contributed by atoms with Crippen LogP contribution in [-0.4, -0.2) is 16.4 Å². The summed E-state index contributed by atoms with van der Waals surface area (Å²) in [6, 6.07) is 9.97. The minimum absolute atomic E-state index is 0.0783. The number of hydrogen-bond acceptors (Lipinski definition) is 4. The fourth-order valence-electron chi connectivity index (χ4n) is 2.14. The maximum absolute atomic E-state index is 8.47. The Kier molecular flexibility index (Phi) is 4.96. The molecule has 21 heavy (non-hydrogen) atoms. The first-order valence-electron chi connectivity index (χ1n) is 6.92. The maximum atomic E-state index is 8.47. The van der Waals surface area contributed by atoms with Crippen molar-refractivity contribution in [1.82, 2.24) is 15.1 Å². The molecule has 1 unspecified atom stereocenters. The summed E-state index contributed by atoms with van der Waals surface area (Å²) in [6.45, 7) is 5.05. The zero-order valence-electron chi connectivity index (χ0n) is 12.6. The van der Waals surface area contributed by atoms with Crippen LogP contribution in [0.15, 0.2) is 30.5 Å². The van der Waals surface area contributed by atoms with E-state index in [-0.39, 0.29) is 12.6 Å². The van der Waals surface area contributed by atoms with Crippen molar-refractivity contribution < 1.29 is 4.74 Å². The first-order valence-corrected chi connectivity index (χ1v) is 6.92. The molecule has 0 aliphatic rings. The van der Waals surface area contributed by atoms with Crippen LogP contribution in [0.4, 0.5) is 0 Å². The van der Waals surface area contributed by atoms with Crippen molar-refractivity contribution in [2.24, 2.45) is 7.05 Å². The van der Waals surface area contributed by atoms with Crippen molar-refractivity contribution in [3.63, 3.8) is 0 Å². The normalized spacial score (nSPS) is 11.9. The molecule has 0 fully saturated rings. The molecular formula is C16H20N4O. The molecule has 1 aromatic heterocycles. The summed E-state index contributed by atoms with van der Waals surface area (Å²) in [5, 5.41) is 16.2. The monoisotopic (exact) mass is 284 g/mol. The molecule has 0 bridgehead atoms. The standard InChI is InChI=1S/C16H20N4O/c1-12(16-11-19-20(3)13(16)2)18-10-14-4-6-15(7-5-14)21-9-8-17/h4-7,11-12,18H,9-10H2,1-3H3. The second-order valence-corrected chi connectivity index (χ2v) is 5.00. The van der Waals surface area contributed by atoms with E-state index in [2.05, 4.69) is 24.3 Å². The van der Waals surface area contributed by atoms with Crippen LogP contribution in [0.25, 0.3) is 0 Å². The van der Waals surface area contributed by atoms with Crippen LogP contribution in [0.1, 0.15) is 29.8 Å². The number of benzene rings is 1. The molecule has 0 spiro atoms. The highest BCUT2D eigenvalue weighted by Gasteiger charge is 2.11. The van der Waals surface area contributed by atoms with Gasteiger partial charge < -0.3 is 10.1 Å². The molecule has 1 heterocycles. The van der Waals surface area contributed by atoms with Crippen LogP contribution in [0.2, 0.25) is 0 Å². The van der Waals surface area contributed by atoms with Gasteiger partial charge in [-0.05, 0) is 31.5 Å². The largest absolute Gasteiger partial charge is 0.479 e. The van der Waals surface area contributed by atoms with Crippen molar-refractivity contribution in [1.29, 1.82) is 5.26 Å². The number of nitrogens with zero attached hydrogens (tertiary/aromatic N) is 3. The SMILES string of the molecule is Cc1c(C(C)NCc2ccc(OCC#N)cc2)cnn1C. The van der Waals surface area contributed by atoms with Crippen LogP contribution < -0.4 is 10.1 Å². The van der Waals surface area contributed by atoms with E-state index in [9.17, 15) is 0 Å². The second kappa shape index (κ2) is 6.91.